The Morgan fingerprint density at radius 1 is 0.254 bits per heavy atom. The maximum atomic E-state index is 5.05. The van der Waals surface area contributed by atoms with E-state index in [2.05, 4.69) is 200 Å². The van der Waals surface area contributed by atoms with Crippen molar-refractivity contribution in [3.8, 4) is 67.5 Å². The Morgan fingerprint density at radius 3 is 1.16 bits per heavy atom. The maximum absolute atomic E-state index is 5.05. The van der Waals surface area contributed by atoms with Crippen LogP contribution in [0.4, 0.5) is 0 Å². The summed E-state index contributed by atoms with van der Waals surface area (Å²) >= 11 is 0. The minimum absolute atomic E-state index is 0.534. The molecule has 0 radical (unpaired) electrons. The third-order valence-electron chi connectivity index (χ3n) is 12.8. The average molecular weight is 802 g/mol. The van der Waals surface area contributed by atoms with Gasteiger partial charge in [-0.15, -0.1) is 0 Å². The highest BCUT2D eigenvalue weighted by Gasteiger charge is 2.47. The molecule has 0 amide bonds. The molecule has 0 aliphatic heterocycles. The predicted octanol–water partition coefficient (Wildman–Crippen LogP) is 14.9. The van der Waals surface area contributed by atoms with Gasteiger partial charge in [-0.3, -0.25) is 0 Å². The third-order valence-corrected chi connectivity index (χ3v) is 12.8. The first-order valence-electron chi connectivity index (χ1n) is 21.5. The van der Waals surface area contributed by atoms with Gasteiger partial charge in [0.2, 0.25) is 0 Å². The van der Waals surface area contributed by atoms with E-state index in [4.69, 9.17) is 15.0 Å². The quantitative estimate of drug-likeness (QED) is 0.151. The van der Waals surface area contributed by atoms with Gasteiger partial charge in [-0.2, -0.15) is 0 Å². The predicted molar refractivity (Wildman–Crippen MR) is 259 cm³/mol. The molecule has 0 spiro atoms. The van der Waals surface area contributed by atoms with Crippen LogP contribution in [0.5, 0.6) is 0 Å². The third kappa shape index (κ3) is 6.01. The standard InChI is InChI=1S/C60H39N3/c1-4-16-40(17-5-1)41-28-32-45(33-29-41)58-61-57(44-18-6-2-7-19-44)62-59(63-58)46-34-30-42(31-35-46)43-36-38-48(39-37-43)60(47-20-8-3-9-21-47)54-27-15-14-26-53(54)55-51-24-12-10-22-49(51)50-23-11-13-25-52(50)56(55)60/h1-39H. The van der Waals surface area contributed by atoms with Crippen molar-refractivity contribution in [2.45, 2.75) is 5.41 Å². The van der Waals surface area contributed by atoms with Crippen LogP contribution in [0.1, 0.15) is 22.3 Å². The second-order valence-corrected chi connectivity index (χ2v) is 16.3. The normalized spacial score (nSPS) is 14.1. The molecule has 0 N–H and O–H groups in total. The molecule has 1 aliphatic rings. The first kappa shape index (κ1) is 36.6. The first-order valence-corrected chi connectivity index (χ1v) is 21.5. The van der Waals surface area contributed by atoms with Gasteiger partial charge in [0.05, 0.1) is 5.41 Å². The van der Waals surface area contributed by atoms with Gasteiger partial charge < -0.3 is 0 Å². The Morgan fingerprint density at radius 2 is 0.603 bits per heavy atom. The van der Waals surface area contributed by atoms with Crippen LogP contribution in [0.25, 0.3) is 89.1 Å². The van der Waals surface area contributed by atoms with E-state index < -0.39 is 5.41 Å². The van der Waals surface area contributed by atoms with Crippen molar-refractivity contribution in [3.05, 3.63) is 259 Å². The van der Waals surface area contributed by atoms with Gasteiger partial charge >= 0.3 is 0 Å². The summed E-state index contributed by atoms with van der Waals surface area (Å²) in [5, 5.41) is 5.13. The summed E-state index contributed by atoms with van der Waals surface area (Å²) in [5.74, 6) is 1.92. The molecule has 1 atom stereocenters. The van der Waals surface area contributed by atoms with Gasteiger partial charge in [-0.05, 0) is 77.2 Å². The summed E-state index contributed by atoms with van der Waals surface area (Å²) in [6, 6.07) is 84.9. The van der Waals surface area contributed by atoms with Crippen LogP contribution in [-0.2, 0) is 5.41 Å². The van der Waals surface area contributed by atoms with Gasteiger partial charge in [-0.1, -0.05) is 237 Å². The summed E-state index contributed by atoms with van der Waals surface area (Å²) in [7, 11) is 0. The molecule has 11 aromatic rings. The fourth-order valence-electron chi connectivity index (χ4n) is 9.95. The Labute approximate surface area is 366 Å². The zero-order valence-corrected chi connectivity index (χ0v) is 34.4. The second kappa shape index (κ2) is 15.0. The van der Waals surface area contributed by atoms with Gasteiger partial charge in [0.25, 0.3) is 0 Å². The number of nitrogens with zero attached hydrogens (tertiary/aromatic N) is 3. The van der Waals surface area contributed by atoms with Gasteiger partial charge in [0, 0.05) is 16.7 Å². The van der Waals surface area contributed by atoms with Crippen molar-refractivity contribution in [3.63, 3.8) is 0 Å². The number of hydrogen-bond acceptors (Lipinski definition) is 3. The molecule has 63 heavy (non-hydrogen) atoms. The second-order valence-electron chi connectivity index (χ2n) is 16.3. The first-order chi connectivity index (χ1) is 31.2. The van der Waals surface area contributed by atoms with Gasteiger partial charge in [-0.25, -0.2) is 15.0 Å². The lowest BCUT2D eigenvalue weighted by Crippen LogP contribution is -2.28. The summed E-state index contributed by atoms with van der Waals surface area (Å²) in [6.45, 7) is 0. The number of rotatable bonds is 7. The summed E-state index contributed by atoms with van der Waals surface area (Å²) in [4.78, 5) is 15.0. The number of hydrogen-bond donors (Lipinski definition) is 0. The van der Waals surface area contributed by atoms with Crippen molar-refractivity contribution < 1.29 is 0 Å². The SMILES string of the molecule is c1ccc(-c2ccc(-c3nc(-c4ccccc4)nc(-c4ccc(-c5ccc(C6(c7ccccc7)c7ccccc7-c7c6c6ccccc6c6ccccc76)cc5)cc4)n3)cc2)cc1. The van der Waals surface area contributed by atoms with Crippen molar-refractivity contribution in [1.29, 1.82) is 0 Å². The van der Waals surface area contributed by atoms with E-state index >= 15 is 0 Å². The van der Waals surface area contributed by atoms with E-state index in [1.165, 1.54) is 60.5 Å². The van der Waals surface area contributed by atoms with Crippen molar-refractivity contribution in [2.24, 2.45) is 0 Å². The Kier molecular flexibility index (Phi) is 8.72. The Hall–Kier alpha value is -8.27. The molecule has 0 fully saturated rings. The van der Waals surface area contributed by atoms with E-state index in [1.807, 2.05) is 36.4 Å². The van der Waals surface area contributed by atoms with Crippen LogP contribution in [0.15, 0.2) is 237 Å². The highest BCUT2D eigenvalue weighted by molar-refractivity contribution is 6.19. The molecule has 12 rings (SSSR count). The van der Waals surface area contributed by atoms with Crippen LogP contribution >= 0.6 is 0 Å². The minimum atomic E-state index is -0.534. The lowest BCUT2D eigenvalue weighted by molar-refractivity contribution is 0.776. The van der Waals surface area contributed by atoms with E-state index in [-0.39, 0.29) is 0 Å². The van der Waals surface area contributed by atoms with Gasteiger partial charge in [0.1, 0.15) is 0 Å². The molecule has 1 heterocycles. The molecule has 294 valence electrons. The largest absolute Gasteiger partial charge is 0.208 e. The van der Waals surface area contributed by atoms with Crippen molar-refractivity contribution >= 4 is 21.5 Å². The fraction of sp³-hybridized carbons (Fsp3) is 0.0167. The highest BCUT2D eigenvalue weighted by atomic mass is 15.0. The lowest BCUT2D eigenvalue weighted by atomic mass is 9.66. The van der Waals surface area contributed by atoms with E-state index in [0.29, 0.717) is 17.5 Å². The molecule has 1 unspecified atom stereocenters. The fourth-order valence-corrected chi connectivity index (χ4v) is 9.95. The molecule has 10 aromatic carbocycles. The Bertz CT molecular complexity index is 3460. The minimum Gasteiger partial charge on any atom is -0.208 e. The van der Waals surface area contributed by atoms with Crippen LogP contribution in [-0.4, -0.2) is 15.0 Å². The topological polar surface area (TPSA) is 38.7 Å². The number of aromatic nitrogens is 3. The van der Waals surface area contributed by atoms with Crippen molar-refractivity contribution in [2.75, 3.05) is 0 Å². The molecular weight excluding hydrogens is 763 g/mol. The molecular formula is C60H39N3. The maximum Gasteiger partial charge on any atom is 0.164 e. The van der Waals surface area contributed by atoms with Crippen molar-refractivity contribution in [1.82, 2.24) is 15.0 Å². The lowest BCUT2D eigenvalue weighted by Gasteiger charge is -2.35. The Balaban J connectivity index is 0.954. The average Bonchev–Trinajstić information content (AvgIpc) is 3.69. The molecule has 0 saturated heterocycles. The highest BCUT2D eigenvalue weighted by Crippen LogP contribution is 2.60. The monoisotopic (exact) mass is 801 g/mol. The van der Waals surface area contributed by atoms with Crippen LogP contribution < -0.4 is 0 Å². The van der Waals surface area contributed by atoms with E-state index in [9.17, 15) is 0 Å². The molecule has 3 nitrogen and oxygen atoms in total. The van der Waals surface area contributed by atoms with Crippen LogP contribution in [0.2, 0.25) is 0 Å². The van der Waals surface area contributed by atoms with E-state index in [1.54, 1.807) is 0 Å². The molecule has 3 heteroatoms. The molecule has 0 bridgehead atoms. The van der Waals surface area contributed by atoms with Crippen LogP contribution in [0.3, 0.4) is 0 Å². The summed E-state index contributed by atoms with van der Waals surface area (Å²) in [6.07, 6.45) is 0. The van der Waals surface area contributed by atoms with Gasteiger partial charge in [0.15, 0.2) is 17.5 Å². The van der Waals surface area contributed by atoms with E-state index in [0.717, 1.165) is 33.4 Å². The molecule has 1 aromatic heterocycles. The number of fused-ring (bicyclic) bond motifs is 8. The number of benzene rings is 10. The molecule has 0 saturated carbocycles. The zero-order valence-electron chi connectivity index (χ0n) is 34.4. The summed E-state index contributed by atoms with van der Waals surface area (Å²) < 4.78 is 0. The smallest absolute Gasteiger partial charge is 0.164 e. The molecule has 1 aliphatic carbocycles. The summed E-state index contributed by atoms with van der Waals surface area (Å²) in [5.41, 5.74) is 14.6. The zero-order chi connectivity index (χ0) is 41.7. The van der Waals surface area contributed by atoms with Crippen LogP contribution in [0, 0.1) is 0 Å².